The van der Waals surface area contributed by atoms with E-state index in [1.54, 1.807) is 0 Å². The molecule has 0 aromatic rings. The lowest BCUT2D eigenvalue weighted by Crippen LogP contribution is -2.30. The molecular formula is C60H96O6. The maximum atomic E-state index is 12.8. The second-order valence-electron chi connectivity index (χ2n) is 17.2. The monoisotopic (exact) mass is 913 g/mol. The molecule has 0 aromatic heterocycles. The Hall–Kier alpha value is -4.19. The molecule has 0 spiro atoms. The van der Waals surface area contributed by atoms with Crippen LogP contribution >= 0.6 is 0 Å². The third-order valence-electron chi connectivity index (χ3n) is 10.8. The van der Waals surface area contributed by atoms with Crippen molar-refractivity contribution in [3.8, 4) is 0 Å². The molecule has 0 saturated heterocycles. The highest BCUT2D eigenvalue weighted by molar-refractivity contribution is 5.71. The van der Waals surface area contributed by atoms with Gasteiger partial charge in [-0.15, -0.1) is 0 Å². The van der Waals surface area contributed by atoms with Crippen molar-refractivity contribution in [2.24, 2.45) is 0 Å². The van der Waals surface area contributed by atoms with Gasteiger partial charge in [-0.25, -0.2) is 0 Å². The van der Waals surface area contributed by atoms with Crippen molar-refractivity contribution in [3.63, 3.8) is 0 Å². The van der Waals surface area contributed by atoms with Crippen molar-refractivity contribution in [2.45, 2.75) is 226 Å². The summed E-state index contributed by atoms with van der Waals surface area (Å²) in [4.78, 5) is 38.0. The SMILES string of the molecule is CC/C=C\C/C=C\C/C=C\C/C=C\C/C=C\CCCC(=O)OC(COC(=O)CCCCCCC\C=C/C=C\C=C/C=C\C=C/CCC)COC(=O)CCCCCCCCCCCCCCC. The van der Waals surface area contributed by atoms with E-state index in [2.05, 4.69) is 106 Å². The van der Waals surface area contributed by atoms with Crippen molar-refractivity contribution in [1.29, 1.82) is 0 Å². The molecule has 6 nitrogen and oxygen atoms in total. The zero-order valence-electron chi connectivity index (χ0n) is 42.4. The number of hydrogen-bond acceptors (Lipinski definition) is 6. The van der Waals surface area contributed by atoms with E-state index in [1.807, 2.05) is 36.5 Å². The van der Waals surface area contributed by atoms with Gasteiger partial charge in [0.05, 0.1) is 0 Å². The molecule has 372 valence electrons. The molecule has 0 fully saturated rings. The van der Waals surface area contributed by atoms with Crippen LogP contribution in [0.25, 0.3) is 0 Å². The topological polar surface area (TPSA) is 78.9 Å². The van der Waals surface area contributed by atoms with Gasteiger partial charge in [-0.1, -0.05) is 245 Å². The molecule has 0 aliphatic heterocycles. The molecule has 1 atom stereocenters. The first kappa shape index (κ1) is 61.8. The van der Waals surface area contributed by atoms with E-state index < -0.39 is 6.10 Å². The molecule has 0 aliphatic carbocycles. The van der Waals surface area contributed by atoms with E-state index in [9.17, 15) is 14.4 Å². The minimum Gasteiger partial charge on any atom is -0.462 e. The molecule has 0 radical (unpaired) electrons. The first-order valence-corrected chi connectivity index (χ1v) is 26.6. The smallest absolute Gasteiger partial charge is 0.306 e. The average molecular weight is 913 g/mol. The molecule has 66 heavy (non-hydrogen) atoms. The van der Waals surface area contributed by atoms with Gasteiger partial charge in [-0.3, -0.25) is 14.4 Å². The second kappa shape index (κ2) is 53.4. The van der Waals surface area contributed by atoms with Gasteiger partial charge < -0.3 is 14.2 Å². The van der Waals surface area contributed by atoms with Crippen LogP contribution in [0.3, 0.4) is 0 Å². The minimum atomic E-state index is -0.820. The first-order valence-electron chi connectivity index (χ1n) is 26.6. The van der Waals surface area contributed by atoms with Crippen LogP contribution in [0, 0.1) is 0 Å². The number of ether oxygens (including phenoxy) is 3. The Morgan fingerprint density at radius 2 is 0.697 bits per heavy atom. The fraction of sp³-hybridized carbons (Fsp3) is 0.617. The van der Waals surface area contributed by atoms with Crippen molar-refractivity contribution in [3.05, 3.63) is 122 Å². The summed E-state index contributed by atoms with van der Waals surface area (Å²) in [6.07, 6.45) is 73.2. The zero-order valence-corrected chi connectivity index (χ0v) is 42.4. The van der Waals surface area contributed by atoms with E-state index in [0.717, 1.165) is 103 Å². The quantitative estimate of drug-likeness (QED) is 0.0199. The van der Waals surface area contributed by atoms with Gasteiger partial charge in [0.15, 0.2) is 6.10 Å². The normalized spacial score (nSPS) is 13.1. The molecule has 0 N–H and O–H groups in total. The predicted molar refractivity (Wildman–Crippen MR) is 283 cm³/mol. The molecule has 0 heterocycles. The highest BCUT2D eigenvalue weighted by atomic mass is 16.6. The van der Waals surface area contributed by atoms with Crippen LogP contribution in [0.4, 0.5) is 0 Å². The van der Waals surface area contributed by atoms with Gasteiger partial charge >= 0.3 is 17.9 Å². The summed E-state index contributed by atoms with van der Waals surface area (Å²) < 4.78 is 16.7. The standard InChI is InChI=1S/C60H96O6/c1-4-7-10-13-16-19-22-25-27-29-31-32-35-38-41-44-47-50-53-59(62)65-56-57(55-64-58(61)52-49-46-43-40-37-34-24-21-18-15-12-9-6-3)66-60(63)54-51-48-45-42-39-36-33-30-28-26-23-20-17-14-11-8-5-2/h8,10-11,13,16-17,19-20,22,25-29,31-33,36,42,45,57H,4-7,9,12,14-15,18,21,23-24,30,34-35,37-41,43-44,46-56H2,1-3H3/b11-8-,13-10-,19-16-,20-17-,25-22-,28-26-,29-27-,32-31-,36-33-,45-42-. The summed E-state index contributed by atoms with van der Waals surface area (Å²) in [5.41, 5.74) is 0. The van der Waals surface area contributed by atoms with E-state index >= 15 is 0 Å². The average Bonchev–Trinajstić information content (AvgIpc) is 3.31. The predicted octanol–water partition coefficient (Wildman–Crippen LogP) is 17.7. The van der Waals surface area contributed by atoms with E-state index in [1.165, 1.54) is 70.6 Å². The Morgan fingerprint density at radius 1 is 0.333 bits per heavy atom. The molecule has 0 amide bonds. The van der Waals surface area contributed by atoms with Gasteiger partial charge in [0.25, 0.3) is 0 Å². The summed E-state index contributed by atoms with van der Waals surface area (Å²) >= 11 is 0. The second-order valence-corrected chi connectivity index (χ2v) is 17.2. The van der Waals surface area contributed by atoms with Gasteiger partial charge in [0.2, 0.25) is 0 Å². The van der Waals surface area contributed by atoms with Gasteiger partial charge in [-0.05, 0) is 77.0 Å². The largest absolute Gasteiger partial charge is 0.462 e. The number of carbonyl (C=O) groups is 3. The van der Waals surface area contributed by atoms with Crippen LogP contribution < -0.4 is 0 Å². The highest BCUT2D eigenvalue weighted by Gasteiger charge is 2.19. The molecule has 1 unspecified atom stereocenters. The van der Waals surface area contributed by atoms with Gasteiger partial charge in [0, 0.05) is 19.3 Å². The maximum Gasteiger partial charge on any atom is 0.306 e. The molecule has 6 heteroatoms. The van der Waals surface area contributed by atoms with Crippen LogP contribution in [0.1, 0.15) is 220 Å². The molecule has 0 aliphatic rings. The Bertz CT molecular complexity index is 1420. The lowest BCUT2D eigenvalue weighted by Gasteiger charge is -2.18. The maximum absolute atomic E-state index is 12.8. The lowest BCUT2D eigenvalue weighted by atomic mass is 10.0. The number of esters is 3. The molecule has 0 bridgehead atoms. The van der Waals surface area contributed by atoms with Crippen LogP contribution in [0.2, 0.25) is 0 Å². The third-order valence-corrected chi connectivity index (χ3v) is 10.8. The summed E-state index contributed by atoms with van der Waals surface area (Å²) in [6.45, 7) is 6.36. The van der Waals surface area contributed by atoms with Gasteiger partial charge in [0.1, 0.15) is 13.2 Å². The zero-order chi connectivity index (χ0) is 47.9. The number of hydrogen-bond donors (Lipinski definition) is 0. The fourth-order valence-corrected chi connectivity index (χ4v) is 6.86. The summed E-state index contributed by atoms with van der Waals surface area (Å²) in [6, 6.07) is 0. The molecule has 0 saturated carbocycles. The Morgan fingerprint density at radius 3 is 1.15 bits per heavy atom. The molecule has 0 aromatic carbocycles. The highest BCUT2D eigenvalue weighted by Crippen LogP contribution is 2.14. The van der Waals surface area contributed by atoms with Gasteiger partial charge in [-0.2, -0.15) is 0 Å². The van der Waals surface area contributed by atoms with Crippen LogP contribution in [-0.4, -0.2) is 37.2 Å². The van der Waals surface area contributed by atoms with E-state index in [-0.39, 0.29) is 37.5 Å². The van der Waals surface area contributed by atoms with Crippen LogP contribution in [0.15, 0.2) is 122 Å². The first-order chi connectivity index (χ1) is 32.5. The number of unbranched alkanes of at least 4 members (excludes halogenated alkanes) is 19. The van der Waals surface area contributed by atoms with Crippen LogP contribution in [-0.2, 0) is 28.6 Å². The van der Waals surface area contributed by atoms with E-state index in [4.69, 9.17) is 14.2 Å². The third kappa shape index (κ3) is 50.8. The summed E-state index contributed by atoms with van der Waals surface area (Å²) in [5.74, 6) is -1.00. The number of allylic oxidation sites excluding steroid dienone is 20. The summed E-state index contributed by atoms with van der Waals surface area (Å²) in [5, 5.41) is 0. The van der Waals surface area contributed by atoms with Crippen LogP contribution in [0.5, 0.6) is 0 Å². The van der Waals surface area contributed by atoms with Crippen molar-refractivity contribution in [2.75, 3.05) is 13.2 Å². The lowest BCUT2D eigenvalue weighted by molar-refractivity contribution is -0.167. The minimum absolute atomic E-state index is 0.111. The van der Waals surface area contributed by atoms with Crippen molar-refractivity contribution < 1.29 is 28.6 Å². The van der Waals surface area contributed by atoms with Crippen molar-refractivity contribution >= 4 is 17.9 Å². The fourth-order valence-electron chi connectivity index (χ4n) is 6.86. The van der Waals surface area contributed by atoms with E-state index in [0.29, 0.717) is 19.3 Å². The Kier molecular flexibility index (Phi) is 50.0. The number of rotatable bonds is 46. The van der Waals surface area contributed by atoms with Crippen molar-refractivity contribution in [1.82, 2.24) is 0 Å². The molecule has 0 rings (SSSR count). The number of carbonyl (C=O) groups excluding carboxylic acids is 3. The Labute approximate surface area is 405 Å². The summed E-state index contributed by atoms with van der Waals surface area (Å²) in [7, 11) is 0. The Balaban J connectivity index is 4.55. The molecular weight excluding hydrogens is 817 g/mol.